The summed E-state index contributed by atoms with van der Waals surface area (Å²) in [4.78, 5) is 26.8. The molecule has 134 valence electrons. The molecule has 0 atom stereocenters. The Morgan fingerprint density at radius 2 is 1.92 bits per heavy atom. The highest BCUT2D eigenvalue weighted by Gasteiger charge is 2.41. The average Bonchev–Trinajstić information content (AvgIpc) is 2.60. The predicted molar refractivity (Wildman–Crippen MR) is 90.3 cm³/mol. The molecule has 2 N–H and O–H groups in total. The van der Waals surface area contributed by atoms with Crippen molar-refractivity contribution in [3.8, 4) is 5.75 Å². The second-order valence-electron chi connectivity index (χ2n) is 7.43. The summed E-state index contributed by atoms with van der Waals surface area (Å²) in [6.45, 7) is 0.531. The van der Waals surface area contributed by atoms with E-state index in [0.29, 0.717) is 17.9 Å². The van der Waals surface area contributed by atoms with Crippen LogP contribution in [0.4, 0.5) is 0 Å². The van der Waals surface area contributed by atoms with Crippen molar-refractivity contribution in [1.82, 2.24) is 10.4 Å². The van der Waals surface area contributed by atoms with Crippen LogP contribution in [0.3, 0.4) is 0 Å². The van der Waals surface area contributed by atoms with Gasteiger partial charge < -0.3 is 9.64 Å². The standard InChI is InChI=1S/C19H24N2O4/c22-18(20-24)13-6-7-14-11-21(19(23)12-4-2-1-3-5-12)15-9-16(10-15)25-17(14)8-13/h6-8,12,15-16,24H,1-5,9-11H2,(H,20,22). The quantitative estimate of drug-likeness (QED) is 0.638. The molecule has 2 saturated carbocycles. The Bertz CT molecular complexity index is 678. The number of carbonyl (C=O) groups is 2. The molecule has 0 radical (unpaired) electrons. The maximum absolute atomic E-state index is 13.1. The predicted octanol–water partition coefficient (Wildman–Crippen LogP) is 2.64. The Morgan fingerprint density at radius 1 is 1.16 bits per heavy atom. The van der Waals surface area contributed by atoms with Gasteiger partial charge in [0.15, 0.2) is 0 Å². The summed E-state index contributed by atoms with van der Waals surface area (Å²) in [6.07, 6.45) is 7.35. The van der Waals surface area contributed by atoms with E-state index in [1.165, 1.54) is 6.42 Å². The monoisotopic (exact) mass is 344 g/mol. The first-order chi connectivity index (χ1) is 12.2. The number of rotatable bonds is 2. The van der Waals surface area contributed by atoms with Crippen LogP contribution in [0.5, 0.6) is 5.75 Å². The van der Waals surface area contributed by atoms with E-state index in [9.17, 15) is 9.59 Å². The lowest BCUT2D eigenvalue weighted by Crippen LogP contribution is -2.54. The Kier molecular flexibility index (Phi) is 4.37. The highest BCUT2D eigenvalue weighted by atomic mass is 16.5. The second-order valence-corrected chi connectivity index (χ2v) is 7.43. The molecule has 2 heterocycles. The van der Waals surface area contributed by atoms with Crippen molar-refractivity contribution in [2.75, 3.05) is 0 Å². The van der Waals surface area contributed by atoms with Crippen LogP contribution in [0.2, 0.25) is 0 Å². The van der Waals surface area contributed by atoms with Crippen LogP contribution in [0, 0.1) is 5.92 Å². The molecule has 0 unspecified atom stereocenters. The Hall–Kier alpha value is -2.08. The third kappa shape index (κ3) is 3.11. The molecular weight excluding hydrogens is 320 g/mol. The second kappa shape index (κ2) is 6.67. The number of nitrogens with one attached hydrogen (secondary N) is 1. The highest BCUT2D eigenvalue weighted by molar-refractivity contribution is 5.93. The molecule has 2 aliphatic heterocycles. The number of ether oxygens (including phenoxy) is 1. The molecule has 6 nitrogen and oxygen atoms in total. The molecule has 1 aromatic carbocycles. The summed E-state index contributed by atoms with van der Waals surface area (Å²) in [5.41, 5.74) is 2.92. The molecule has 4 aliphatic rings. The zero-order chi connectivity index (χ0) is 17.4. The Labute approximate surface area is 147 Å². The third-order valence-electron chi connectivity index (χ3n) is 5.81. The van der Waals surface area contributed by atoms with Crippen LogP contribution in [-0.2, 0) is 11.3 Å². The average molecular weight is 344 g/mol. The molecule has 0 aromatic heterocycles. The van der Waals surface area contributed by atoms with Gasteiger partial charge in [-0.3, -0.25) is 14.8 Å². The molecule has 2 bridgehead atoms. The van der Waals surface area contributed by atoms with Gasteiger partial charge in [0.2, 0.25) is 5.91 Å². The number of hydrogen-bond donors (Lipinski definition) is 2. The van der Waals surface area contributed by atoms with E-state index < -0.39 is 5.91 Å². The number of benzene rings is 1. The van der Waals surface area contributed by atoms with Crippen LogP contribution in [0.15, 0.2) is 18.2 Å². The third-order valence-corrected chi connectivity index (χ3v) is 5.81. The summed E-state index contributed by atoms with van der Waals surface area (Å²) in [7, 11) is 0. The van der Waals surface area contributed by atoms with Gasteiger partial charge in [-0.25, -0.2) is 5.48 Å². The van der Waals surface area contributed by atoms with Gasteiger partial charge in [0.05, 0.1) is 0 Å². The van der Waals surface area contributed by atoms with Gasteiger partial charge in [-0.1, -0.05) is 25.3 Å². The maximum Gasteiger partial charge on any atom is 0.274 e. The smallest absolute Gasteiger partial charge is 0.274 e. The number of carbonyl (C=O) groups excluding carboxylic acids is 2. The van der Waals surface area contributed by atoms with E-state index in [1.807, 2.05) is 11.0 Å². The van der Waals surface area contributed by atoms with Gasteiger partial charge in [-0.05, 0) is 25.0 Å². The maximum atomic E-state index is 13.1. The molecule has 2 fully saturated rings. The van der Waals surface area contributed by atoms with Gasteiger partial charge in [0.1, 0.15) is 11.9 Å². The van der Waals surface area contributed by atoms with Crippen molar-refractivity contribution >= 4 is 11.8 Å². The van der Waals surface area contributed by atoms with Crippen molar-refractivity contribution in [1.29, 1.82) is 0 Å². The molecule has 6 heteroatoms. The fourth-order valence-electron chi connectivity index (χ4n) is 4.22. The van der Waals surface area contributed by atoms with E-state index >= 15 is 0 Å². The number of hydroxylamine groups is 1. The van der Waals surface area contributed by atoms with Gasteiger partial charge in [-0.2, -0.15) is 0 Å². The number of amides is 2. The van der Waals surface area contributed by atoms with Crippen molar-refractivity contribution < 1.29 is 19.5 Å². The minimum atomic E-state index is -0.560. The van der Waals surface area contributed by atoms with Gasteiger partial charge in [0, 0.05) is 42.5 Å². The minimum absolute atomic E-state index is 0.0955. The van der Waals surface area contributed by atoms with Crippen LogP contribution in [0.25, 0.3) is 0 Å². The first-order valence-corrected chi connectivity index (χ1v) is 9.20. The lowest BCUT2D eigenvalue weighted by atomic mass is 9.83. The van der Waals surface area contributed by atoms with Crippen molar-refractivity contribution in [2.45, 2.75) is 63.6 Å². The van der Waals surface area contributed by atoms with E-state index in [0.717, 1.165) is 44.1 Å². The van der Waals surface area contributed by atoms with Crippen molar-refractivity contribution in [3.63, 3.8) is 0 Å². The lowest BCUT2D eigenvalue weighted by molar-refractivity contribution is -0.144. The first-order valence-electron chi connectivity index (χ1n) is 9.20. The summed E-state index contributed by atoms with van der Waals surface area (Å²) >= 11 is 0. The molecule has 5 rings (SSSR count). The number of fused-ring (bicyclic) bond motifs is 1. The lowest BCUT2D eigenvalue weighted by Gasteiger charge is -2.46. The summed E-state index contributed by atoms with van der Waals surface area (Å²) in [6, 6.07) is 5.41. The molecule has 0 saturated heterocycles. The summed E-state index contributed by atoms with van der Waals surface area (Å²) < 4.78 is 6.01. The van der Waals surface area contributed by atoms with Gasteiger partial charge in [-0.15, -0.1) is 0 Å². The molecule has 2 amide bonds. The van der Waals surface area contributed by atoms with Crippen LogP contribution in [-0.4, -0.2) is 34.1 Å². The molecule has 2 aliphatic carbocycles. The summed E-state index contributed by atoms with van der Waals surface area (Å²) in [5.74, 6) is 0.532. The summed E-state index contributed by atoms with van der Waals surface area (Å²) in [5, 5.41) is 8.82. The van der Waals surface area contributed by atoms with E-state index in [4.69, 9.17) is 9.94 Å². The topological polar surface area (TPSA) is 78.9 Å². The van der Waals surface area contributed by atoms with Crippen molar-refractivity contribution in [2.24, 2.45) is 5.92 Å². The molecule has 25 heavy (non-hydrogen) atoms. The Morgan fingerprint density at radius 3 is 2.64 bits per heavy atom. The molecular formula is C19H24N2O4. The molecule has 1 aromatic rings. The largest absolute Gasteiger partial charge is 0.490 e. The molecule has 0 spiro atoms. The zero-order valence-corrected chi connectivity index (χ0v) is 14.2. The highest BCUT2D eigenvalue weighted by Crippen LogP contribution is 2.38. The number of hydrogen-bond acceptors (Lipinski definition) is 4. The van der Waals surface area contributed by atoms with E-state index in [1.54, 1.807) is 17.6 Å². The normalized spacial score (nSPS) is 25.7. The van der Waals surface area contributed by atoms with Gasteiger partial charge in [0.25, 0.3) is 5.91 Å². The first kappa shape index (κ1) is 16.4. The number of nitrogens with zero attached hydrogens (tertiary/aromatic N) is 1. The van der Waals surface area contributed by atoms with Gasteiger partial charge >= 0.3 is 0 Å². The van der Waals surface area contributed by atoms with E-state index in [-0.39, 0.29) is 24.0 Å². The van der Waals surface area contributed by atoms with Crippen LogP contribution < -0.4 is 10.2 Å². The van der Waals surface area contributed by atoms with Crippen LogP contribution in [0.1, 0.15) is 60.9 Å². The SMILES string of the molecule is O=C(NO)c1ccc2c(c1)OC1CC(C1)N(C(=O)C1CCCCC1)C2. The minimum Gasteiger partial charge on any atom is -0.490 e. The fraction of sp³-hybridized carbons (Fsp3) is 0.579. The zero-order valence-electron chi connectivity index (χ0n) is 14.2. The Balaban J connectivity index is 1.59. The van der Waals surface area contributed by atoms with Crippen molar-refractivity contribution in [3.05, 3.63) is 29.3 Å². The fourth-order valence-corrected chi connectivity index (χ4v) is 4.22. The van der Waals surface area contributed by atoms with E-state index in [2.05, 4.69) is 0 Å². The van der Waals surface area contributed by atoms with Crippen LogP contribution >= 0.6 is 0 Å².